The van der Waals surface area contributed by atoms with Gasteiger partial charge in [-0.25, -0.2) is 4.98 Å². The summed E-state index contributed by atoms with van der Waals surface area (Å²) in [6.07, 6.45) is -2.38. The molecule has 0 saturated carbocycles. The van der Waals surface area contributed by atoms with Crippen molar-refractivity contribution in [2.45, 2.75) is 19.1 Å². The number of fused-ring (bicyclic) bond motifs is 1. The Morgan fingerprint density at radius 1 is 1.11 bits per heavy atom. The second-order valence-electron chi connectivity index (χ2n) is 6.92. The molecule has 4 rings (SSSR count). The minimum Gasteiger partial charge on any atom is -0.315 e. The van der Waals surface area contributed by atoms with Crippen molar-refractivity contribution < 1.29 is 13.2 Å². The van der Waals surface area contributed by atoms with E-state index >= 15 is 0 Å². The summed E-state index contributed by atoms with van der Waals surface area (Å²) in [4.78, 5) is 6.86. The van der Waals surface area contributed by atoms with Crippen molar-refractivity contribution in [3.63, 3.8) is 0 Å². The van der Waals surface area contributed by atoms with Gasteiger partial charge in [0.15, 0.2) is 5.65 Å². The fraction of sp³-hybridized carbons (Fsp3) is 0.350. The third-order valence-electron chi connectivity index (χ3n) is 4.95. The summed E-state index contributed by atoms with van der Waals surface area (Å²) in [5.41, 5.74) is 1.81. The summed E-state index contributed by atoms with van der Waals surface area (Å²) in [6.45, 7) is 4.01. The van der Waals surface area contributed by atoms with Gasteiger partial charge in [-0.05, 0) is 25.6 Å². The predicted octanol–water partition coefficient (Wildman–Crippen LogP) is 4.47. The van der Waals surface area contributed by atoms with E-state index in [1.54, 1.807) is 0 Å². The van der Waals surface area contributed by atoms with Gasteiger partial charge >= 0.3 is 6.18 Å². The van der Waals surface area contributed by atoms with Crippen LogP contribution in [-0.2, 0) is 12.7 Å². The third-order valence-corrected chi connectivity index (χ3v) is 5.23. The van der Waals surface area contributed by atoms with Gasteiger partial charge in [0.25, 0.3) is 0 Å². The van der Waals surface area contributed by atoms with Crippen LogP contribution in [0.15, 0.2) is 42.6 Å². The van der Waals surface area contributed by atoms with Crippen LogP contribution >= 0.6 is 11.6 Å². The molecule has 1 aliphatic heterocycles. The van der Waals surface area contributed by atoms with Gasteiger partial charge in [-0.2, -0.15) is 13.2 Å². The monoisotopic (exact) mass is 408 g/mol. The van der Waals surface area contributed by atoms with E-state index < -0.39 is 11.7 Å². The Morgan fingerprint density at radius 2 is 1.89 bits per heavy atom. The standard InChI is InChI=1S/C20H20ClF3N4/c21-16-11-15(20(22,23)24)12-28-17(13-27-9-4-7-25-8-10-27)18(26-19(16)28)14-5-2-1-3-6-14/h1-3,5-6,11-12,25H,4,7-10,13H2. The van der Waals surface area contributed by atoms with Gasteiger partial charge in [0.2, 0.25) is 0 Å². The van der Waals surface area contributed by atoms with E-state index in [0.717, 1.165) is 56.1 Å². The molecule has 148 valence electrons. The quantitative estimate of drug-likeness (QED) is 0.694. The molecule has 1 saturated heterocycles. The highest BCUT2D eigenvalue weighted by molar-refractivity contribution is 6.33. The van der Waals surface area contributed by atoms with E-state index in [4.69, 9.17) is 11.6 Å². The Kier molecular flexibility index (Phi) is 5.31. The van der Waals surface area contributed by atoms with Gasteiger partial charge in [0.1, 0.15) is 0 Å². The molecule has 0 unspecified atom stereocenters. The topological polar surface area (TPSA) is 32.6 Å². The fourth-order valence-electron chi connectivity index (χ4n) is 3.56. The zero-order valence-electron chi connectivity index (χ0n) is 15.1. The lowest BCUT2D eigenvalue weighted by Gasteiger charge is -2.20. The summed E-state index contributed by atoms with van der Waals surface area (Å²) in [5.74, 6) is 0. The molecule has 0 aliphatic carbocycles. The third kappa shape index (κ3) is 3.87. The van der Waals surface area contributed by atoms with Crippen molar-refractivity contribution in [1.82, 2.24) is 19.6 Å². The number of hydrogen-bond acceptors (Lipinski definition) is 3. The maximum absolute atomic E-state index is 13.4. The summed E-state index contributed by atoms with van der Waals surface area (Å²) < 4.78 is 41.6. The van der Waals surface area contributed by atoms with Crippen LogP contribution in [0.4, 0.5) is 13.2 Å². The Labute approximate surface area is 165 Å². The Hall–Kier alpha value is -2.09. The van der Waals surface area contributed by atoms with Crippen LogP contribution in [0.3, 0.4) is 0 Å². The molecule has 8 heteroatoms. The average Bonchev–Trinajstić information content (AvgIpc) is 2.84. The van der Waals surface area contributed by atoms with Gasteiger partial charge in [-0.15, -0.1) is 0 Å². The normalized spacial score (nSPS) is 16.4. The summed E-state index contributed by atoms with van der Waals surface area (Å²) >= 11 is 6.20. The number of alkyl halides is 3. The molecule has 1 aliphatic rings. The number of pyridine rings is 1. The number of imidazole rings is 1. The number of nitrogens with zero attached hydrogens (tertiary/aromatic N) is 3. The zero-order valence-corrected chi connectivity index (χ0v) is 15.9. The van der Waals surface area contributed by atoms with Crippen LogP contribution in [-0.4, -0.2) is 40.5 Å². The highest BCUT2D eigenvalue weighted by atomic mass is 35.5. The highest BCUT2D eigenvalue weighted by Crippen LogP contribution is 2.35. The van der Waals surface area contributed by atoms with Crippen molar-refractivity contribution in [1.29, 1.82) is 0 Å². The van der Waals surface area contributed by atoms with E-state index in [-0.39, 0.29) is 5.02 Å². The smallest absolute Gasteiger partial charge is 0.315 e. The first-order valence-corrected chi connectivity index (χ1v) is 9.57. The van der Waals surface area contributed by atoms with Crippen molar-refractivity contribution in [3.8, 4) is 11.3 Å². The summed E-state index contributed by atoms with van der Waals surface area (Å²) in [6, 6.07) is 10.4. The molecule has 4 nitrogen and oxygen atoms in total. The first-order valence-electron chi connectivity index (χ1n) is 9.19. The molecule has 3 aromatic rings. The molecule has 0 amide bonds. The van der Waals surface area contributed by atoms with E-state index in [0.29, 0.717) is 17.9 Å². The molecule has 1 aromatic carbocycles. The fourth-order valence-corrected chi connectivity index (χ4v) is 3.81. The van der Waals surface area contributed by atoms with Crippen LogP contribution in [0, 0.1) is 0 Å². The minimum atomic E-state index is -4.47. The summed E-state index contributed by atoms with van der Waals surface area (Å²) in [7, 11) is 0. The van der Waals surface area contributed by atoms with E-state index in [2.05, 4.69) is 15.2 Å². The zero-order chi connectivity index (χ0) is 19.7. The number of rotatable bonds is 3. The largest absolute Gasteiger partial charge is 0.417 e. The van der Waals surface area contributed by atoms with Crippen molar-refractivity contribution >= 4 is 17.2 Å². The first kappa shape index (κ1) is 19.2. The van der Waals surface area contributed by atoms with Crippen molar-refractivity contribution in [2.75, 3.05) is 26.2 Å². The number of halogens is 4. The van der Waals surface area contributed by atoms with Gasteiger partial charge < -0.3 is 9.72 Å². The van der Waals surface area contributed by atoms with Gasteiger partial charge in [-0.3, -0.25) is 4.90 Å². The lowest BCUT2D eigenvalue weighted by atomic mass is 10.1. The Bertz CT molecular complexity index is 961. The molecule has 3 heterocycles. The molecular weight excluding hydrogens is 389 g/mol. The van der Waals surface area contributed by atoms with Gasteiger partial charge in [0.05, 0.1) is 22.0 Å². The maximum atomic E-state index is 13.4. The van der Waals surface area contributed by atoms with Gasteiger partial charge in [-0.1, -0.05) is 41.9 Å². The number of benzene rings is 1. The van der Waals surface area contributed by atoms with Crippen molar-refractivity contribution in [3.05, 3.63) is 58.9 Å². The number of nitrogens with one attached hydrogen (secondary N) is 1. The number of aromatic nitrogens is 2. The molecule has 1 N–H and O–H groups in total. The van der Waals surface area contributed by atoms with E-state index in [1.165, 1.54) is 4.40 Å². The predicted molar refractivity (Wildman–Crippen MR) is 103 cm³/mol. The molecule has 0 bridgehead atoms. The Morgan fingerprint density at radius 3 is 2.64 bits per heavy atom. The lowest BCUT2D eigenvalue weighted by Crippen LogP contribution is -2.28. The molecule has 0 radical (unpaired) electrons. The molecule has 28 heavy (non-hydrogen) atoms. The maximum Gasteiger partial charge on any atom is 0.417 e. The van der Waals surface area contributed by atoms with Crippen LogP contribution in [0.2, 0.25) is 5.02 Å². The lowest BCUT2D eigenvalue weighted by molar-refractivity contribution is -0.137. The molecular formula is C20H20ClF3N4. The number of hydrogen-bond donors (Lipinski definition) is 1. The second-order valence-corrected chi connectivity index (χ2v) is 7.33. The average molecular weight is 409 g/mol. The SMILES string of the molecule is FC(F)(F)c1cc(Cl)c2nc(-c3ccccc3)c(CN3CCCNCC3)n2c1. The molecule has 0 spiro atoms. The van der Waals surface area contributed by atoms with Crippen LogP contribution < -0.4 is 5.32 Å². The van der Waals surface area contributed by atoms with Crippen LogP contribution in [0.25, 0.3) is 16.9 Å². The summed E-state index contributed by atoms with van der Waals surface area (Å²) in [5, 5.41) is 3.34. The molecule has 2 aromatic heterocycles. The molecule has 1 fully saturated rings. The Balaban J connectivity index is 1.88. The van der Waals surface area contributed by atoms with Crippen LogP contribution in [0.1, 0.15) is 17.7 Å². The van der Waals surface area contributed by atoms with Crippen LogP contribution in [0.5, 0.6) is 0 Å². The van der Waals surface area contributed by atoms with E-state index in [9.17, 15) is 13.2 Å². The van der Waals surface area contributed by atoms with Gasteiger partial charge in [0, 0.05) is 31.4 Å². The highest BCUT2D eigenvalue weighted by Gasteiger charge is 2.32. The minimum absolute atomic E-state index is 0.00390. The first-order chi connectivity index (χ1) is 13.4. The molecule has 0 atom stereocenters. The second kappa shape index (κ2) is 7.73. The van der Waals surface area contributed by atoms with E-state index in [1.807, 2.05) is 30.3 Å². The van der Waals surface area contributed by atoms with Crippen molar-refractivity contribution in [2.24, 2.45) is 0 Å².